The normalized spacial score (nSPS) is 13.2. The molecule has 1 aromatic rings. The van der Waals surface area contributed by atoms with Crippen LogP contribution < -0.4 is 5.73 Å². The summed E-state index contributed by atoms with van der Waals surface area (Å²) in [5.41, 5.74) is 4.79. The Kier molecular flexibility index (Phi) is 4.70. The van der Waals surface area contributed by atoms with Crippen LogP contribution >= 0.6 is 0 Å². The molecule has 0 saturated heterocycles. The van der Waals surface area contributed by atoms with Gasteiger partial charge in [-0.25, -0.2) is 0 Å². The lowest BCUT2D eigenvalue weighted by Crippen LogP contribution is -2.62. The third-order valence-corrected chi connectivity index (χ3v) is 2.24. The van der Waals surface area contributed by atoms with Gasteiger partial charge in [0.05, 0.1) is 12.5 Å². The molecule has 0 aliphatic rings. The van der Waals surface area contributed by atoms with E-state index < -0.39 is 5.60 Å². The van der Waals surface area contributed by atoms with E-state index in [0.29, 0.717) is 6.42 Å². The molecule has 0 aliphatic heterocycles. The first kappa shape index (κ1) is 13.7. The number of ether oxygens (including phenoxy) is 1. The highest BCUT2D eigenvalue weighted by Crippen LogP contribution is 2.10. The van der Waals surface area contributed by atoms with E-state index in [9.17, 15) is 4.79 Å². The van der Waals surface area contributed by atoms with E-state index in [2.05, 4.69) is 5.73 Å². The van der Waals surface area contributed by atoms with Crippen molar-refractivity contribution in [2.45, 2.75) is 45.3 Å². The zero-order valence-electron chi connectivity index (χ0n) is 10.9. The third-order valence-electron chi connectivity index (χ3n) is 2.24. The Morgan fingerprint density at radius 2 is 1.88 bits per heavy atom. The number of quaternary nitrogens is 1. The fourth-order valence-corrected chi connectivity index (χ4v) is 1.64. The van der Waals surface area contributed by atoms with Crippen LogP contribution in [0.1, 0.15) is 32.8 Å². The van der Waals surface area contributed by atoms with Gasteiger partial charge in [0.15, 0.2) is 0 Å². The zero-order valence-corrected chi connectivity index (χ0v) is 10.9. The number of hydrogen-bond donors (Lipinski definition) is 1. The van der Waals surface area contributed by atoms with E-state index in [4.69, 9.17) is 4.74 Å². The molecule has 1 aromatic carbocycles. The molecule has 0 radical (unpaired) electrons. The van der Waals surface area contributed by atoms with E-state index in [0.717, 1.165) is 6.42 Å². The first-order valence-corrected chi connectivity index (χ1v) is 5.95. The molecule has 0 saturated carbocycles. The maximum Gasteiger partial charge on any atom is 0.312 e. The summed E-state index contributed by atoms with van der Waals surface area (Å²) in [4.78, 5) is 11.6. The molecular formula is C14H22NO2+. The molecule has 0 bridgehead atoms. The smallest absolute Gasteiger partial charge is 0.312 e. The summed E-state index contributed by atoms with van der Waals surface area (Å²) in [6.07, 6.45) is 1.17. The molecule has 3 heteroatoms. The molecule has 3 nitrogen and oxygen atoms in total. The summed E-state index contributed by atoms with van der Waals surface area (Å²) < 4.78 is 5.27. The minimum atomic E-state index is -0.413. The van der Waals surface area contributed by atoms with E-state index in [1.807, 2.05) is 51.1 Å². The second-order valence-corrected chi connectivity index (χ2v) is 5.35. The third kappa shape index (κ3) is 6.07. The van der Waals surface area contributed by atoms with Crippen LogP contribution in [0.3, 0.4) is 0 Å². The maximum atomic E-state index is 11.6. The average Bonchev–Trinajstić information content (AvgIpc) is 2.15. The number of benzene rings is 1. The Labute approximate surface area is 103 Å². The van der Waals surface area contributed by atoms with Crippen LogP contribution in [0.15, 0.2) is 30.3 Å². The van der Waals surface area contributed by atoms with Crippen molar-refractivity contribution in [2.75, 3.05) is 0 Å². The Balaban J connectivity index is 2.40. The molecule has 0 heterocycles. The van der Waals surface area contributed by atoms with Gasteiger partial charge in [-0.1, -0.05) is 30.3 Å². The summed E-state index contributed by atoms with van der Waals surface area (Å²) in [6.45, 7) is 5.63. The van der Waals surface area contributed by atoms with Crippen LogP contribution in [0.4, 0.5) is 0 Å². The van der Waals surface area contributed by atoms with Crippen molar-refractivity contribution in [3.8, 4) is 0 Å². The number of carbonyl (C=O) groups is 1. The van der Waals surface area contributed by atoms with Gasteiger partial charge in [0.25, 0.3) is 0 Å². The molecule has 0 aromatic heterocycles. The Hall–Kier alpha value is -1.35. The molecule has 0 fully saturated rings. The molecule has 94 valence electrons. The van der Waals surface area contributed by atoms with Crippen LogP contribution in [0.5, 0.6) is 0 Å². The van der Waals surface area contributed by atoms with E-state index in [-0.39, 0.29) is 12.0 Å². The molecule has 0 aliphatic carbocycles. The van der Waals surface area contributed by atoms with Gasteiger partial charge in [0, 0.05) is 6.42 Å². The maximum absolute atomic E-state index is 11.6. The van der Waals surface area contributed by atoms with Gasteiger partial charge in [0.1, 0.15) is 5.60 Å². The molecule has 17 heavy (non-hydrogen) atoms. The lowest BCUT2D eigenvalue weighted by Gasteiger charge is -2.20. The number of esters is 1. The molecule has 0 unspecified atom stereocenters. The Bertz CT molecular complexity index is 354. The highest BCUT2D eigenvalue weighted by atomic mass is 16.6. The number of rotatable bonds is 4. The first-order chi connectivity index (χ1) is 7.87. The van der Waals surface area contributed by atoms with E-state index >= 15 is 0 Å². The van der Waals surface area contributed by atoms with Gasteiger partial charge in [-0.05, 0) is 26.3 Å². The summed E-state index contributed by atoms with van der Waals surface area (Å²) in [5.74, 6) is -0.173. The average molecular weight is 236 g/mol. The van der Waals surface area contributed by atoms with Crippen molar-refractivity contribution in [3.05, 3.63) is 35.9 Å². The highest BCUT2D eigenvalue weighted by Gasteiger charge is 2.20. The number of hydrogen-bond acceptors (Lipinski definition) is 2. The van der Waals surface area contributed by atoms with Crippen LogP contribution in [-0.4, -0.2) is 17.6 Å². The largest absolute Gasteiger partial charge is 0.460 e. The predicted molar refractivity (Wildman–Crippen MR) is 67.3 cm³/mol. The van der Waals surface area contributed by atoms with E-state index in [1.54, 1.807) is 0 Å². The van der Waals surface area contributed by atoms with Crippen LogP contribution in [0.25, 0.3) is 0 Å². The first-order valence-electron chi connectivity index (χ1n) is 5.95. The molecule has 3 N–H and O–H groups in total. The van der Waals surface area contributed by atoms with Gasteiger partial charge in [-0.3, -0.25) is 4.79 Å². The SMILES string of the molecule is CC(C)(C)OC(=O)C[C@H]([NH3+])Cc1ccccc1. The standard InChI is InChI=1S/C14H21NO2/c1-14(2,3)17-13(16)10-12(15)9-11-7-5-4-6-8-11/h4-8,12H,9-10,15H2,1-3H3/p+1/t12-/m1/s1. The monoisotopic (exact) mass is 236 g/mol. The van der Waals surface area contributed by atoms with Crippen LogP contribution in [0.2, 0.25) is 0 Å². The summed E-state index contributed by atoms with van der Waals surface area (Å²) in [7, 11) is 0. The van der Waals surface area contributed by atoms with E-state index in [1.165, 1.54) is 5.56 Å². The van der Waals surface area contributed by atoms with Crippen LogP contribution in [0, 0.1) is 0 Å². The summed E-state index contributed by atoms with van der Waals surface area (Å²) in [6, 6.07) is 10.1. The predicted octanol–water partition coefficient (Wildman–Crippen LogP) is 1.57. The fraction of sp³-hybridized carbons (Fsp3) is 0.500. The molecule has 1 rings (SSSR count). The molecular weight excluding hydrogens is 214 g/mol. The lowest BCUT2D eigenvalue weighted by molar-refractivity contribution is -0.418. The fourth-order valence-electron chi connectivity index (χ4n) is 1.64. The van der Waals surface area contributed by atoms with Gasteiger partial charge >= 0.3 is 5.97 Å². The molecule has 1 atom stereocenters. The quantitative estimate of drug-likeness (QED) is 0.807. The van der Waals surface area contributed by atoms with Crippen molar-refractivity contribution >= 4 is 5.97 Å². The van der Waals surface area contributed by atoms with Crippen molar-refractivity contribution < 1.29 is 15.3 Å². The van der Waals surface area contributed by atoms with Crippen molar-refractivity contribution in [1.82, 2.24) is 0 Å². The lowest BCUT2D eigenvalue weighted by atomic mass is 10.0. The van der Waals surface area contributed by atoms with Gasteiger partial charge in [0.2, 0.25) is 0 Å². The molecule has 0 amide bonds. The van der Waals surface area contributed by atoms with Gasteiger partial charge < -0.3 is 10.5 Å². The Morgan fingerprint density at radius 1 is 1.29 bits per heavy atom. The van der Waals surface area contributed by atoms with Crippen molar-refractivity contribution in [1.29, 1.82) is 0 Å². The van der Waals surface area contributed by atoms with Crippen molar-refractivity contribution in [2.24, 2.45) is 0 Å². The summed E-state index contributed by atoms with van der Waals surface area (Å²) in [5, 5.41) is 0. The zero-order chi connectivity index (χ0) is 12.9. The second kappa shape index (κ2) is 5.82. The molecule has 0 spiro atoms. The van der Waals surface area contributed by atoms with Crippen molar-refractivity contribution in [3.63, 3.8) is 0 Å². The second-order valence-electron chi connectivity index (χ2n) is 5.35. The Morgan fingerprint density at radius 3 is 2.41 bits per heavy atom. The minimum Gasteiger partial charge on any atom is -0.460 e. The van der Waals surface area contributed by atoms with Gasteiger partial charge in [-0.15, -0.1) is 0 Å². The van der Waals surface area contributed by atoms with Crippen LogP contribution in [-0.2, 0) is 16.0 Å². The van der Waals surface area contributed by atoms with Gasteiger partial charge in [-0.2, -0.15) is 0 Å². The topological polar surface area (TPSA) is 53.9 Å². The number of carbonyl (C=O) groups excluding carboxylic acids is 1. The summed E-state index contributed by atoms with van der Waals surface area (Å²) >= 11 is 0. The highest BCUT2D eigenvalue weighted by molar-refractivity contribution is 5.70. The minimum absolute atomic E-state index is 0.0623.